The van der Waals surface area contributed by atoms with E-state index >= 15 is 0 Å². The number of aromatic nitrogens is 2. The number of nitrogens with two attached hydrogens (primary N) is 1. The van der Waals surface area contributed by atoms with E-state index in [-0.39, 0.29) is 5.92 Å². The van der Waals surface area contributed by atoms with Crippen LogP contribution in [0.3, 0.4) is 0 Å². The van der Waals surface area contributed by atoms with Crippen LogP contribution in [-0.4, -0.2) is 53.4 Å². The lowest BCUT2D eigenvalue weighted by Crippen LogP contribution is -2.78. The number of hydrogen-bond acceptors (Lipinski definition) is 6. The number of nitrogens with zero attached hydrogens (tertiary/aromatic N) is 4. The Morgan fingerprint density at radius 3 is 2.27 bits per heavy atom. The summed E-state index contributed by atoms with van der Waals surface area (Å²) in [5.41, 5.74) is 6.98. The minimum Gasteiger partial charge on any atom is -0.383 e. The first-order valence-electron chi connectivity index (χ1n) is 15.0. The molecule has 4 aliphatic rings. The van der Waals surface area contributed by atoms with Crippen molar-refractivity contribution in [2.24, 2.45) is 0 Å². The Hall–Kier alpha value is -2.92. The van der Waals surface area contributed by atoms with E-state index in [1.165, 1.54) is 25.3 Å². The van der Waals surface area contributed by atoms with Crippen LogP contribution in [0.2, 0.25) is 0 Å². The molecule has 0 amide bonds. The monoisotopic (exact) mass is 574 g/mol. The van der Waals surface area contributed by atoms with Gasteiger partial charge in [0, 0.05) is 31.8 Å². The van der Waals surface area contributed by atoms with Crippen LogP contribution in [0.25, 0.3) is 0 Å². The SMILES string of the molecule is Nc1ncnc([N+]2(C3(CCN4CCCCC4)NC=CN3)CCC(c3ccc(C(F)(F)F)c(F)c3)CC2)c1C1CCC1. The molecule has 41 heavy (non-hydrogen) atoms. The molecule has 1 saturated carbocycles. The molecule has 2 saturated heterocycles. The van der Waals surface area contributed by atoms with Gasteiger partial charge in [-0.1, -0.05) is 18.9 Å². The van der Waals surface area contributed by atoms with Crippen LogP contribution in [0.5, 0.6) is 0 Å². The van der Waals surface area contributed by atoms with Crippen molar-refractivity contribution in [2.45, 2.75) is 81.6 Å². The number of hydrogen-bond donors (Lipinski definition) is 3. The fourth-order valence-electron chi connectivity index (χ4n) is 7.47. The number of halogens is 4. The van der Waals surface area contributed by atoms with Gasteiger partial charge in [0.15, 0.2) is 0 Å². The topological polar surface area (TPSA) is 79.1 Å². The van der Waals surface area contributed by atoms with Gasteiger partial charge in [-0.15, -0.1) is 0 Å². The zero-order valence-corrected chi connectivity index (χ0v) is 23.4. The standard InChI is InChI=1S/C30H40F4N7/c31-25-19-23(7-8-24(25)30(32,33)34)21-9-17-41(18-10-21,28-26(22-5-4-6-22)27(35)36-20-37-28)29(38-12-13-39-29)11-16-40-14-2-1-3-15-40/h7-8,12-13,19-22,38-39H,1-6,9-11,14-18H2,(H2,35,36,37)/q+1. The third kappa shape index (κ3) is 5.16. The lowest BCUT2D eigenvalue weighted by molar-refractivity contribution is -0.140. The molecule has 7 nitrogen and oxygen atoms in total. The Balaban J connectivity index is 1.35. The highest BCUT2D eigenvalue weighted by molar-refractivity contribution is 5.59. The number of rotatable bonds is 7. The number of likely N-dealkylation sites (tertiary alicyclic amines) is 2. The van der Waals surface area contributed by atoms with Crippen LogP contribution >= 0.6 is 0 Å². The molecule has 3 aliphatic heterocycles. The molecule has 0 atom stereocenters. The molecule has 11 heteroatoms. The second kappa shape index (κ2) is 11.1. The van der Waals surface area contributed by atoms with Crippen molar-refractivity contribution in [3.8, 4) is 0 Å². The molecular weight excluding hydrogens is 534 g/mol. The molecule has 2 aromatic rings. The van der Waals surface area contributed by atoms with E-state index in [2.05, 4.69) is 20.5 Å². The van der Waals surface area contributed by atoms with Gasteiger partial charge in [0.2, 0.25) is 5.82 Å². The summed E-state index contributed by atoms with van der Waals surface area (Å²) in [6.45, 7) is 4.46. The predicted molar refractivity (Wildman–Crippen MR) is 151 cm³/mol. The van der Waals surface area contributed by atoms with Crippen LogP contribution in [0.1, 0.15) is 86.3 Å². The minimum absolute atomic E-state index is 0.0575. The van der Waals surface area contributed by atoms with E-state index in [0.717, 1.165) is 68.8 Å². The maximum Gasteiger partial charge on any atom is 0.419 e. The van der Waals surface area contributed by atoms with Gasteiger partial charge in [0.25, 0.3) is 5.79 Å². The lowest BCUT2D eigenvalue weighted by Gasteiger charge is -2.54. The first kappa shape index (κ1) is 28.2. The number of quaternary nitrogens is 1. The van der Waals surface area contributed by atoms with Gasteiger partial charge in [0.05, 0.1) is 30.6 Å². The van der Waals surface area contributed by atoms with E-state index in [0.29, 0.717) is 47.7 Å². The third-order valence-electron chi connectivity index (χ3n) is 10.00. The number of piperidine rings is 2. The van der Waals surface area contributed by atoms with Gasteiger partial charge >= 0.3 is 6.18 Å². The average Bonchev–Trinajstić information content (AvgIpc) is 3.43. The van der Waals surface area contributed by atoms with Crippen LogP contribution in [-0.2, 0) is 6.18 Å². The molecule has 3 fully saturated rings. The minimum atomic E-state index is -4.71. The number of nitrogens with one attached hydrogen (secondary N) is 2. The van der Waals surface area contributed by atoms with Crippen molar-refractivity contribution in [1.29, 1.82) is 0 Å². The Morgan fingerprint density at radius 1 is 0.951 bits per heavy atom. The number of anilines is 1. The normalized spacial score (nSPS) is 26.8. The molecule has 1 aliphatic carbocycles. The summed E-state index contributed by atoms with van der Waals surface area (Å²) in [5, 5.41) is 7.39. The van der Waals surface area contributed by atoms with Gasteiger partial charge < -0.3 is 21.3 Å². The number of benzene rings is 1. The number of nitrogen functional groups attached to an aromatic ring is 1. The highest BCUT2D eigenvalue weighted by Crippen LogP contribution is 2.49. The van der Waals surface area contributed by atoms with Gasteiger partial charge in [-0.05, 0) is 68.3 Å². The van der Waals surface area contributed by atoms with Crippen molar-refractivity contribution in [2.75, 3.05) is 38.5 Å². The Kier molecular flexibility index (Phi) is 7.61. The Bertz CT molecular complexity index is 1250. The largest absolute Gasteiger partial charge is 0.419 e. The summed E-state index contributed by atoms with van der Waals surface area (Å²) in [6.07, 6.45) is 9.91. The smallest absolute Gasteiger partial charge is 0.383 e. The molecule has 0 radical (unpaired) electrons. The Morgan fingerprint density at radius 2 is 1.66 bits per heavy atom. The zero-order valence-electron chi connectivity index (χ0n) is 23.4. The van der Waals surface area contributed by atoms with Crippen LogP contribution in [0.15, 0.2) is 36.9 Å². The van der Waals surface area contributed by atoms with Crippen molar-refractivity contribution >= 4 is 11.6 Å². The summed E-state index contributed by atoms with van der Waals surface area (Å²) >= 11 is 0. The van der Waals surface area contributed by atoms with Crippen molar-refractivity contribution in [3.05, 3.63) is 59.4 Å². The van der Waals surface area contributed by atoms with Crippen molar-refractivity contribution in [1.82, 2.24) is 30.0 Å². The fourth-order valence-corrected chi connectivity index (χ4v) is 7.47. The van der Waals surface area contributed by atoms with Gasteiger partial charge in [0.1, 0.15) is 18.0 Å². The highest BCUT2D eigenvalue weighted by Gasteiger charge is 2.57. The second-order valence-electron chi connectivity index (χ2n) is 12.2. The molecule has 222 valence electrons. The van der Waals surface area contributed by atoms with E-state index in [1.54, 1.807) is 6.33 Å². The van der Waals surface area contributed by atoms with Gasteiger partial charge in [-0.25, -0.2) is 13.9 Å². The van der Waals surface area contributed by atoms with Crippen molar-refractivity contribution in [3.63, 3.8) is 0 Å². The number of alkyl halides is 3. The third-order valence-corrected chi connectivity index (χ3v) is 10.00. The summed E-state index contributed by atoms with van der Waals surface area (Å²) in [6, 6.07) is 3.40. The van der Waals surface area contributed by atoms with Gasteiger partial charge in [-0.3, -0.25) is 0 Å². The molecular formula is C30H40F4N7+. The molecule has 1 aromatic carbocycles. The van der Waals surface area contributed by atoms with E-state index in [4.69, 9.17) is 10.7 Å². The average molecular weight is 575 g/mol. The molecule has 0 unspecified atom stereocenters. The quantitative estimate of drug-likeness (QED) is 0.297. The predicted octanol–water partition coefficient (Wildman–Crippen LogP) is 5.56. The van der Waals surface area contributed by atoms with Gasteiger partial charge in [-0.2, -0.15) is 18.2 Å². The highest BCUT2D eigenvalue weighted by atomic mass is 19.4. The summed E-state index contributed by atoms with van der Waals surface area (Å²) in [5.74, 6) is -0.0525. The molecule has 0 spiro atoms. The molecule has 4 heterocycles. The second-order valence-corrected chi connectivity index (χ2v) is 12.2. The lowest BCUT2D eigenvalue weighted by atomic mass is 9.79. The van der Waals surface area contributed by atoms with E-state index in [9.17, 15) is 17.6 Å². The summed E-state index contributed by atoms with van der Waals surface area (Å²) in [4.78, 5) is 11.9. The van der Waals surface area contributed by atoms with E-state index < -0.39 is 23.3 Å². The van der Waals surface area contributed by atoms with Crippen LogP contribution < -0.4 is 20.9 Å². The summed E-state index contributed by atoms with van der Waals surface area (Å²) in [7, 11) is 0. The molecule has 0 bridgehead atoms. The van der Waals surface area contributed by atoms with Crippen LogP contribution in [0, 0.1) is 5.82 Å². The molecule has 4 N–H and O–H groups in total. The Labute approximate surface area is 238 Å². The first-order valence-corrected chi connectivity index (χ1v) is 15.0. The van der Waals surface area contributed by atoms with Crippen molar-refractivity contribution < 1.29 is 17.6 Å². The maximum absolute atomic E-state index is 14.5. The molecule has 1 aromatic heterocycles. The molecule has 6 rings (SSSR count). The first-order chi connectivity index (χ1) is 19.7. The van der Waals surface area contributed by atoms with E-state index in [1.807, 2.05) is 12.4 Å². The summed E-state index contributed by atoms with van der Waals surface area (Å²) < 4.78 is 54.7. The maximum atomic E-state index is 14.5. The zero-order chi connectivity index (χ0) is 28.7. The fraction of sp³-hybridized carbons (Fsp3) is 0.600. The van der Waals surface area contributed by atoms with Crippen LogP contribution in [0.4, 0.5) is 29.2 Å².